The Bertz CT molecular complexity index is 549. The van der Waals surface area contributed by atoms with Gasteiger partial charge in [0.25, 0.3) is 0 Å². The van der Waals surface area contributed by atoms with Crippen molar-refractivity contribution in [3.63, 3.8) is 0 Å². The van der Waals surface area contributed by atoms with Crippen LogP contribution in [0.5, 0.6) is 0 Å². The molecule has 0 N–H and O–H groups in total. The van der Waals surface area contributed by atoms with Crippen LogP contribution in [-0.2, 0) is 12.8 Å². The number of hydrogen-bond donors (Lipinski definition) is 0. The van der Waals surface area contributed by atoms with Crippen LogP contribution in [0, 0.1) is 12.3 Å². The van der Waals surface area contributed by atoms with E-state index >= 15 is 0 Å². The molecular formula is C14H18N2. The highest BCUT2D eigenvalue weighted by atomic mass is 15.0. The first-order valence-electron chi connectivity index (χ1n) is 6.02. The smallest absolute Gasteiger partial charge is 0.140 e. The van der Waals surface area contributed by atoms with Crippen molar-refractivity contribution in [2.45, 2.75) is 40.0 Å². The molecule has 2 heteroatoms. The monoisotopic (exact) mass is 214 g/mol. The SMILES string of the molecule is Cc1cccn2c3c(nc12)CCC(C)(C)C3. The van der Waals surface area contributed by atoms with Crippen LogP contribution in [0.25, 0.3) is 5.65 Å². The molecule has 0 spiro atoms. The zero-order chi connectivity index (χ0) is 11.3. The topological polar surface area (TPSA) is 17.3 Å². The summed E-state index contributed by atoms with van der Waals surface area (Å²) in [6.45, 7) is 6.84. The molecule has 2 heterocycles. The number of hydrogen-bond acceptors (Lipinski definition) is 1. The molecule has 3 rings (SSSR count). The average Bonchev–Trinajstić information content (AvgIpc) is 2.57. The summed E-state index contributed by atoms with van der Waals surface area (Å²) < 4.78 is 2.28. The van der Waals surface area contributed by atoms with Crippen molar-refractivity contribution in [2.75, 3.05) is 0 Å². The van der Waals surface area contributed by atoms with E-state index in [1.165, 1.54) is 23.4 Å². The molecular weight excluding hydrogens is 196 g/mol. The van der Waals surface area contributed by atoms with E-state index in [9.17, 15) is 0 Å². The Balaban J connectivity index is 2.26. The number of aromatic nitrogens is 2. The van der Waals surface area contributed by atoms with Gasteiger partial charge in [-0.1, -0.05) is 19.9 Å². The maximum absolute atomic E-state index is 4.78. The first kappa shape index (κ1) is 9.88. The van der Waals surface area contributed by atoms with Crippen LogP contribution in [0.3, 0.4) is 0 Å². The van der Waals surface area contributed by atoms with Gasteiger partial charge in [0.05, 0.1) is 5.69 Å². The highest BCUT2D eigenvalue weighted by molar-refractivity contribution is 5.50. The van der Waals surface area contributed by atoms with E-state index in [-0.39, 0.29) is 0 Å². The van der Waals surface area contributed by atoms with Crippen LogP contribution in [-0.4, -0.2) is 9.38 Å². The molecule has 0 aromatic carbocycles. The van der Waals surface area contributed by atoms with E-state index in [0.29, 0.717) is 5.41 Å². The van der Waals surface area contributed by atoms with E-state index in [4.69, 9.17) is 4.98 Å². The minimum absolute atomic E-state index is 0.423. The predicted octanol–water partition coefficient (Wildman–Crippen LogP) is 3.16. The normalized spacial score (nSPS) is 18.7. The Kier molecular flexibility index (Phi) is 1.91. The van der Waals surface area contributed by atoms with E-state index < -0.39 is 0 Å². The summed E-state index contributed by atoms with van der Waals surface area (Å²) in [4.78, 5) is 4.78. The lowest BCUT2D eigenvalue weighted by Crippen LogP contribution is -2.22. The van der Waals surface area contributed by atoms with Gasteiger partial charge in [0.2, 0.25) is 0 Å². The molecule has 2 aromatic heterocycles. The van der Waals surface area contributed by atoms with Gasteiger partial charge < -0.3 is 4.40 Å². The van der Waals surface area contributed by atoms with E-state index in [2.05, 4.69) is 43.5 Å². The molecule has 0 aliphatic heterocycles. The Labute approximate surface area is 96.3 Å². The fourth-order valence-electron chi connectivity index (χ4n) is 2.69. The number of nitrogens with zero attached hydrogens (tertiary/aromatic N) is 2. The predicted molar refractivity (Wildman–Crippen MR) is 65.7 cm³/mol. The highest BCUT2D eigenvalue weighted by Gasteiger charge is 2.28. The molecule has 2 aromatic rings. The van der Waals surface area contributed by atoms with Gasteiger partial charge in [-0.3, -0.25) is 0 Å². The summed E-state index contributed by atoms with van der Waals surface area (Å²) in [5.74, 6) is 0. The number of rotatable bonds is 0. The zero-order valence-electron chi connectivity index (χ0n) is 10.2. The molecule has 1 aliphatic carbocycles. The second kappa shape index (κ2) is 3.09. The zero-order valence-corrected chi connectivity index (χ0v) is 10.2. The summed E-state index contributed by atoms with van der Waals surface area (Å²) in [5, 5.41) is 0. The van der Waals surface area contributed by atoms with Crippen molar-refractivity contribution in [1.29, 1.82) is 0 Å². The molecule has 1 aliphatic rings. The van der Waals surface area contributed by atoms with Crippen LogP contribution in [0.4, 0.5) is 0 Å². The largest absolute Gasteiger partial charge is 0.304 e. The summed E-state index contributed by atoms with van der Waals surface area (Å²) in [6.07, 6.45) is 5.68. The van der Waals surface area contributed by atoms with E-state index in [0.717, 1.165) is 18.5 Å². The van der Waals surface area contributed by atoms with Gasteiger partial charge in [0.15, 0.2) is 0 Å². The molecule has 0 saturated carbocycles. The third-order valence-corrected chi connectivity index (χ3v) is 3.71. The quantitative estimate of drug-likeness (QED) is 0.658. The molecule has 0 amide bonds. The molecule has 0 atom stereocenters. The summed E-state index contributed by atoms with van der Waals surface area (Å²) in [7, 11) is 0. The van der Waals surface area contributed by atoms with Crippen molar-refractivity contribution in [3.05, 3.63) is 35.3 Å². The van der Waals surface area contributed by atoms with Gasteiger partial charge in [-0.25, -0.2) is 4.98 Å². The number of pyridine rings is 1. The summed E-state index contributed by atoms with van der Waals surface area (Å²) in [5.41, 5.74) is 5.58. The van der Waals surface area contributed by atoms with E-state index in [1.807, 2.05) is 0 Å². The molecule has 0 bridgehead atoms. The van der Waals surface area contributed by atoms with Crippen LogP contribution >= 0.6 is 0 Å². The van der Waals surface area contributed by atoms with E-state index in [1.54, 1.807) is 0 Å². The molecule has 2 nitrogen and oxygen atoms in total. The molecule has 0 fully saturated rings. The third kappa shape index (κ3) is 1.36. The standard InChI is InChI=1S/C14H18N2/c1-10-5-4-8-16-12-9-14(2,3)7-6-11(12)15-13(10)16/h4-5,8H,6-7,9H2,1-3H3. The summed E-state index contributed by atoms with van der Waals surface area (Å²) in [6, 6.07) is 4.25. The fraction of sp³-hybridized carbons (Fsp3) is 0.500. The maximum atomic E-state index is 4.78. The van der Waals surface area contributed by atoms with Crippen molar-refractivity contribution < 1.29 is 0 Å². The first-order valence-corrected chi connectivity index (χ1v) is 6.02. The minimum atomic E-state index is 0.423. The van der Waals surface area contributed by atoms with Gasteiger partial charge in [-0.05, 0) is 43.2 Å². The Morgan fingerprint density at radius 1 is 1.38 bits per heavy atom. The Morgan fingerprint density at radius 2 is 2.19 bits per heavy atom. The van der Waals surface area contributed by atoms with Crippen molar-refractivity contribution in [2.24, 2.45) is 5.41 Å². The second-order valence-corrected chi connectivity index (χ2v) is 5.73. The van der Waals surface area contributed by atoms with Crippen LogP contribution in [0.2, 0.25) is 0 Å². The summed E-state index contributed by atoms with van der Waals surface area (Å²) >= 11 is 0. The third-order valence-electron chi connectivity index (χ3n) is 3.71. The average molecular weight is 214 g/mol. The number of fused-ring (bicyclic) bond motifs is 3. The molecule has 0 unspecified atom stereocenters. The van der Waals surface area contributed by atoms with Crippen LogP contribution in [0.1, 0.15) is 37.2 Å². The minimum Gasteiger partial charge on any atom is -0.304 e. The number of aryl methyl sites for hydroxylation is 2. The number of imidazole rings is 1. The van der Waals surface area contributed by atoms with Crippen LogP contribution in [0.15, 0.2) is 18.3 Å². The second-order valence-electron chi connectivity index (χ2n) is 5.73. The highest BCUT2D eigenvalue weighted by Crippen LogP contribution is 2.35. The van der Waals surface area contributed by atoms with Gasteiger partial charge in [0, 0.05) is 11.9 Å². The van der Waals surface area contributed by atoms with Crippen molar-refractivity contribution in [1.82, 2.24) is 9.38 Å². The lowest BCUT2D eigenvalue weighted by Gasteiger charge is -2.28. The van der Waals surface area contributed by atoms with Gasteiger partial charge in [-0.2, -0.15) is 0 Å². The van der Waals surface area contributed by atoms with Crippen molar-refractivity contribution >= 4 is 5.65 Å². The maximum Gasteiger partial charge on any atom is 0.140 e. The van der Waals surface area contributed by atoms with Gasteiger partial charge in [-0.15, -0.1) is 0 Å². The first-order chi connectivity index (χ1) is 7.57. The molecule has 0 radical (unpaired) electrons. The van der Waals surface area contributed by atoms with Crippen molar-refractivity contribution in [3.8, 4) is 0 Å². The molecule has 84 valence electrons. The fourth-order valence-corrected chi connectivity index (χ4v) is 2.69. The van der Waals surface area contributed by atoms with Crippen LogP contribution < -0.4 is 0 Å². The van der Waals surface area contributed by atoms with Gasteiger partial charge in [0.1, 0.15) is 5.65 Å². The molecule has 16 heavy (non-hydrogen) atoms. The lowest BCUT2D eigenvalue weighted by atomic mass is 9.78. The Hall–Kier alpha value is -1.31. The lowest BCUT2D eigenvalue weighted by molar-refractivity contribution is 0.309. The van der Waals surface area contributed by atoms with Gasteiger partial charge >= 0.3 is 0 Å². The molecule has 0 saturated heterocycles. The Morgan fingerprint density at radius 3 is 3.00 bits per heavy atom.